The quantitative estimate of drug-likeness (QED) is 0.773. The molecule has 126 valence electrons. The molecule has 0 saturated carbocycles. The fourth-order valence-electron chi connectivity index (χ4n) is 3.12. The summed E-state index contributed by atoms with van der Waals surface area (Å²) in [6.07, 6.45) is 0. The summed E-state index contributed by atoms with van der Waals surface area (Å²) in [5, 5.41) is 10.6. The van der Waals surface area contributed by atoms with Gasteiger partial charge in [0.15, 0.2) is 0 Å². The van der Waals surface area contributed by atoms with E-state index < -0.39 is 5.91 Å². The fourth-order valence-corrected chi connectivity index (χ4v) is 3.12. The number of ether oxygens (including phenoxy) is 1. The summed E-state index contributed by atoms with van der Waals surface area (Å²) in [4.78, 5) is 11.3. The third-order valence-electron chi connectivity index (χ3n) is 4.22. The average molecular weight is 333 g/mol. The molecule has 1 heterocycles. The van der Waals surface area contributed by atoms with Gasteiger partial charge in [-0.15, -0.1) is 0 Å². The molecular formula is C20H19N3O2. The fraction of sp³-hybridized carbons (Fsp3) is 0.200. The highest BCUT2D eigenvalue weighted by Gasteiger charge is 2.18. The number of hydrogen-bond acceptors (Lipinski definition) is 3. The van der Waals surface area contributed by atoms with Gasteiger partial charge in [0.1, 0.15) is 11.8 Å². The van der Waals surface area contributed by atoms with Gasteiger partial charge >= 0.3 is 0 Å². The topological polar surface area (TPSA) is 81.0 Å². The Kier molecular flexibility index (Phi) is 4.44. The average Bonchev–Trinajstić information content (AvgIpc) is 2.94. The maximum Gasteiger partial charge on any atom is 0.248 e. The number of hydrogen-bond donors (Lipinski definition) is 1. The molecule has 0 fully saturated rings. The molecule has 0 aliphatic rings. The van der Waals surface area contributed by atoms with E-state index in [-0.39, 0.29) is 0 Å². The molecule has 5 nitrogen and oxygen atoms in total. The van der Waals surface area contributed by atoms with Crippen LogP contribution in [0.4, 0.5) is 0 Å². The van der Waals surface area contributed by atoms with Crippen LogP contribution in [0.15, 0.2) is 42.5 Å². The van der Waals surface area contributed by atoms with Gasteiger partial charge in [-0.1, -0.05) is 12.1 Å². The zero-order valence-corrected chi connectivity index (χ0v) is 14.2. The maximum atomic E-state index is 11.3. The lowest BCUT2D eigenvalue weighted by atomic mass is 10.0. The highest BCUT2D eigenvalue weighted by atomic mass is 16.5. The summed E-state index contributed by atoms with van der Waals surface area (Å²) in [6.45, 7) is 5.27. The normalized spacial score (nSPS) is 10.6. The Morgan fingerprint density at radius 3 is 2.48 bits per heavy atom. The van der Waals surface area contributed by atoms with E-state index in [2.05, 4.69) is 10.6 Å². The highest BCUT2D eigenvalue weighted by Crippen LogP contribution is 2.35. The lowest BCUT2D eigenvalue weighted by Crippen LogP contribution is -2.10. The van der Waals surface area contributed by atoms with E-state index >= 15 is 0 Å². The zero-order valence-electron chi connectivity index (χ0n) is 14.2. The summed E-state index contributed by atoms with van der Waals surface area (Å²) < 4.78 is 7.69. The molecule has 3 rings (SSSR count). The molecule has 2 N–H and O–H groups in total. The van der Waals surface area contributed by atoms with Crippen LogP contribution in [-0.4, -0.2) is 17.1 Å². The van der Waals surface area contributed by atoms with Crippen molar-refractivity contribution in [2.24, 2.45) is 5.73 Å². The van der Waals surface area contributed by atoms with Crippen LogP contribution in [0.3, 0.4) is 0 Å². The molecular weight excluding hydrogens is 314 g/mol. The minimum absolute atomic E-state index is 0.444. The van der Waals surface area contributed by atoms with Crippen molar-refractivity contribution >= 4 is 16.8 Å². The van der Waals surface area contributed by atoms with E-state index in [0.29, 0.717) is 24.3 Å². The standard InChI is InChI=1S/C20H19N3O2/c1-3-23-18-11-15(25-4-2)9-10-16(18)17(12-21)19(23)13-5-7-14(8-6-13)20(22)24/h5-11H,3-4H2,1-2H3,(H2,22,24). The first-order valence-electron chi connectivity index (χ1n) is 8.20. The molecule has 0 aliphatic carbocycles. The lowest BCUT2D eigenvalue weighted by Gasteiger charge is -2.10. The molecule has 0 atom stereocenters. The molecule has 0 bridgehead atoms. The van der Waals surface area contributed by atoms with Crippen LogP contribution in [0.1, 0.15) is 29.8 Å². The predicted octanol–water partition coefficient (Wildman–Crippen LogP) is 3.70. The van der Waals surface area contributed by atoms with Crippen molar-refractivity contribution in [1.82, 2.24) is 4.57 Å². The van der Waals surface area contributed by atoms with Crippen molar-refractivity contribution in [1.29, 1.82) is 5.26 Å². The van der Waals surface area contributed by atoms with Crippen LogP contribution < -0.4 is 10.5 Å². The van der Waals surface area contributed by atoms with Gasteiger partial charge in [-0.2, -0.15) is 5.26 Å². The van der Waals surface area contributed by atoms with Gasteiger partial charge in [0.05, 0.1) is 23.4 Å². The minimum Gasteiger partial charge on any atom is -0.494 e. The number of carbonyl (C=O) groups excluding carboxylic acids is 1. The highest BCUT2D eigenvalue weighted by molar-refractivity contribution is 5.96. The van der Waals surface area contributed by atoms with Crippen molar-refractivity contribution in [3.8, 4) is 23.1 Å². The number of nitrogens with zero attached hydrogens (tertiary/aromatic N) is 2. The number of nitriles is 1. The van der Waals surface area contributed by atoms with Crippen molar-refractivity contribution < 1.29 is 9.53 Å². The van der Waals surface area contributed by atoms with Crippen molar-refractivity contribution in [2.75, 3.05) is 6.61 Å². The van der Waals surface area contributed by atoms with Gasteiger partial charge in [-0.05, 0) is 43.7 Å². The van der Waals surface area contributed by atoms with Crippen LogP contribution in [0.2, 0.25) is 0 Å². The van der Waals surface area contributed by atoms with Gasteiger partial charge < -0.3 is 15.0 Å². The molecule has 0 spiro atoms. The smallest absolute Gasteiger partial charge is 0.248 e. The molecule has 1 aromatic heterocycles. The van der Waals surface area contributed by atoms with Gasteiger partial charge in [-0.25, -0.2) is 0 Å². The Morgan fingerprint density at radius 2 is 1.92 bits per heavy atom. The van der Waals surface area contributed by atoms with E-state index in [4.69, 9.17) is 10.5 Å². The molecule has 0 aliphatic heterocycles. The summed E-state index contributed by atoms with van der Waals surface area (Å²) >= 11 is 0. The number of carbonyl (C=O) groups is 1. The molecule has 0 saturated heterocycles. The number of benzene rings is 2. The summed E-state index contributed by atoms with van der Waals surface area (Å²) in [7, 11) is 0. The van der Waals surface area contributed by atoms with E-state index in [1.807, 2.05) is 44.2 Å². The van der Waals surface area contributed by atoms with Crippen molar-refractivity contribution in [2.45, 2.75) is 20.4 Å². The van der Waals surface area contributed by atoms with Crippen molar-refractivity contribution in [3.63, 3.8) is 0 Å². The third-order valence-corrected chi connectivity index (χ3v) is 4.22. The third kappa shape index (κ3) is 2.83. The molecule has 3 aromatic rings. The number of nitrogens with two attached hydrogens (primary N) is 1. The Labute approximate surface area is 146 Å². The second-order valence-corrected chi connectivity index (χ2v) is 5.63. The van der Waals surface area contributed by atoms with Crippen LogP contribution in [0.25, 0.3) is 22.2 Å². The van der Waals surface area contributed by atoms with Crippen LogP contribution in [-0.2, 0) is 6.54 Å². The second-order valence-electron chi connectivity index (χ2n) is 5.63. The lowest BCUT2D eigenvalue weighted by molar-refractivity contribution is 0.100. The monoisotopic (exact) mass is 333 g/mol. The summed E-state index contributed by atoms with van der Waals surface area (Å²) in [5.41, 5.74) is 9.04. The number of aromatic nitrogens is 1. The van der Waals surface area contributed by atoms with Crippen LogP contribution >= 0.6 is 0 Å². The second kappa shape index (κ2) is 6.70. The molecule has 2 aromatic carbocycles. The number of primary amides is 1. The molecule has 25 heavy (non-hydrogen) atoms. The van der Waals surface area contributed by atoms with Gasteiger partial charge in [0, 0.05) is 23.6 Å². The molecule has 5 heteroatoms. The minimum atomic E-state index is -0.468. The SMILES string of the molecule is CCOc1ccc2c(C#N)c(-c3ccc(C(N)=O)cc3)n(CC)c2c1. The zero-order chi connectivity index (χ0) is 18.0. The van der Waals surface area contributed by atoms with E-state index in [9.17, 15) is 10.1 Å². The Morgan fingerprint density at radius 1 is 1.20 bits per heavy atom. The first kappa shape index (κ1) is 16.6. The number of rotatable bonds is 5. The van der Waals surface area contributed by atoms with Crippen LogP contribution in [0.5, 0.6) is 5.75 Å². The summed E-state index contributed by atoms with van der Waals surface area (Å²) in [5.74, 6) is 0.312. The number of amides is 1. The summed E-state index contributed by atoms with van der Waals surface area (Å²) in [6, 6.07) is 15.1. The van der Waals surface area contributed by atoms with Gasteiger partial charge in [0.25, 0.3) is 0 Å². The van der Waals surface area contributed by atoms with E-state index in [1.54, 1.807) is 12.1 Å². The maximum absolute atomic E-state index is 11.3. The Hall–Kier alpha value is -3.26. The first-order chi connectivity index (χ1) is 12.1. The first-order valence-corrected chi connectivity index (χ1v) is 8.20. The Bertz CT molecular complexity index is 979. The van der Waals surface area contributed by atoms with Crippen molar-refractivity contribution in [3.05, 3.63) is 53.6 Å². The van der Waals surface area contributed by atoms with E-state index in [0.717, 1.165) is 27.9 Å². The molecule has 1 amide bonds. The van der Waals surface area contributed by atoms with E-state index in [1.165, 1.54) is 0 Å². The molecule has 0 unspecified atom stereocenters. The van der Waals surface area contributed by atoms with Gasteiger partial charge in [0.2, 0.25) is 5.91 Å². The number of fused-ring (bicyclic) bond motifs is 1. The van der Waals surface area contributed by atoms with Gasteiger partial charge in [-0.3, -0.25) is 4.79 Å². The molecule has 0 radical (unpaired) electrons. The number of aryl methyl sites for hydroxylation is 1. The predicted molar refractivity (Wildman–Crippen MR) is 97.4 cm³/mol. The van der Waals surface area contributed by atoms with Crippen LogP contribution in [0, 0.1) is 11.3 Å². The largest absolute Gasteiger partial charge is 0.494 e. The Balaban J connectivity index is 2.26.